The first kappa shape index (κ1) is 23.3. The summed E-state index contributed by atoms with van der Waals surface area (Å²) in [4.78, 5) is 19.1. The Balaban J connectivity index is 1.18. The van der Waals surface area contributed by atoms with Gasteiger partial charge in [-0.2, -0.15) is 4.37 Å². The van der Waals surface area contributed by atoms with Gasteiger partial charge in [0, 0.05) is 42.6 Å². The van der Waals surface area contributed by atoms with Gasteiger partial charge in [0.2, 0.25) is 5.13 Å². The zero-order valence-corrected chi connectivity index (χ0v) is 20.1. The van der Waals surface area contributed by atoms with E-state index in [0.29, 0.717) is 29.7 Å². The normalized spacial score (nSPS) is 14.2. The van der Waals surface area contributed by atoms with E-state index in [1.165, 1.54) is 11.5 Å². The maximum absolute atomic E-state index is 12.1. The minimum atomic E-state index is -0.112. The first-order chi connectivity index (χ1) is 16.1. The number of amides is 1. The van der Waals surface area contributed by atoms with Gasteiger partial charge < -0.3 is 19.7 Å². The number of rotatable bonds is 9. The van der Waals surface area contributed by atoms with Crippen molar-refractivity contribution >= 4 is 34.2 Å². The SMILES string of the molecule is COc1cccc(Cc2nsc(N3CCC(CNC(=O)COc4ccc(Cl)cc4)CC3)n2)c1. The molecule has 0 aliphatic carbocycles. The van der Waals surface area contributed by atoms with E-state index in [-0.39, 0.29) is 12.5 Å². The van der Waals surface area contributed by atoms with E-state index < -0.39 is 0 Å². The molecule has 2 aromatic carbocycles. The molecule has 1 aliphatic rings. The third-order valence-electron chi connectivity index (χ3n) is 5.61. The predicted molar refractivity (Wildman–Crippen MR) is 131 cm³/mol. The molecule has 2 heterocycles. The average molecular weight is 487 g/mol. The first-order valence-electron chi connectivity index (χ1n) is 10.9. The molecule has 33 heavy (non-hydrogen) atoms. The average Bonchev–Trinajstić information content (AvgIpc) is 3.31. The monoisotopic (exact) mass is 486 g/mol. The summed E-state index contributed by atoms with van der Waals surface area (Å²) in [5.41, 5.74) is 1.13. The van der Waals surface area contributed by atoms with Crippen LogP contribution in [0.3, 0.4) is 0 Å². The van der Waals surface area contributed by atoms with E-state index in [4.69, 9.17) is 26.1 Å². The number of aromatic nitrogens is 2. The van der Waals surface area contributed by atoms with Crippen LogP contribution in [0.2, 0.25) is 5.02 Å². The quantitative estimate of drug-likeness (QED) is 0.488. The Labute approximate surface area is 202 Å². The minimum Gasteiger partial charge on any atom is -0.497 e. The van der Waals surface area contributed by atoms with Crippen molar-refractivity contribution in [2.24, 2.45) is 5.92 Å². The Morgan fingerprint density at radius 2 is 1.97 bits per heavy atom. The number of carbonyl (C=O) groups is 1. The second-order valence-corrected chi connectivity index (χ2v) is 9.17. The molecule has 7 nitrogen and oxygen atoms in total. The van der Waals surface area contributed by atoms with E-state index >= 15 is 0 Å². The number of methoxy groups -OCH3 is 1. The second kappa shape index (κ2) is 11.3. The number of ether oxygens (including phenoxy) is 2. The molecule has 1 saturated heterocycles. The highest BCUT2D eigenvalue weighted by Gasteiger charge is 2.22. The summed E-state index contributed by atoms with van der Waals surface area (Å²) in [6.07, 6.45) is 2.69. The molecule has 0 radical (unpaired) electrons. The maximum Gasteiger partial charge on any atom is 0.257 e. The molecule has 4 rings (SSSR count). The summed E-state index contributed by atoms with van der Waals surface area (Å²) >= 11 is 7.30. The zero-order chi connectivity index (χ0) is 23.0. The zero-order valence-electron chi connectivity index (χ0n) is 18.5. The van der Waals surface area contributed by atoms with Crippen LogP contribution < -0.4 is 19.7 Å². The van der Waals surface area contributed by atoms with Gasteiger partial charge >= 0.3 is 0 Å². The van der Waals surface area contributed by atoms with E-state index in [1.807, 2.05) is 18.2 Å². The standard InChI is InChI=1S/C24H27ClN4O3S/c1-31-21-4-2-3-18(13-21)14-22-27-24(33-28-22)29-11-9-17(10-12-29)15-26-23(30)16-32-20-7-5-19(25)6-8-20/h2-8,13,17H,9-12,14-16H2,1H3,(H,26,30). The van der Waals surface area contributed by atoms with Crippen molar-refractivity contribution in [1.82, 2.24) is 14.7 Å². The molecule has 1 aromatic heterocycles. The van der Waals surface area contributed by atoms with Crippen molar-refractivity contribution < 1.29 is 14.3 Å². The number of halogens is 1. The van der Waals surface area contributed by atoms with Crippen LogP contribution in [-0.4, -0.2) is 48.6 Å². The van der Waals surface area contributed by atoms with Gasteiger partial charge in [-0.1, -0.05) is 23.7 Å². The largest absolute Gasteiger partial charge is 0.497 e. The number of benzene rings is 2. The fourth-order valence-electron chi connectivity index (χ4n) is 3.73. The highest BCUT2D eigenvalue weighted by atomic mass is 35.5. The van der Waals surface area contributed by atoms with Gasteiger partial charge in [0.1, 0.15) is 17.3 Å². The van der Waals surface area contributed by atoms with Crippen LogP contribution in [0.1, 0.15) is 24.2 Å². The third-order valence-corrected chi connectivity index (χ3v) is 6.68. The van der Waals surface area contributed by atoms with Gasteiger partial charge in [-0.15, -0.1) is 0 Å². The van der Waals surface area contributed by atoms with Gasteiger partial charge in [0.25, 0.3) is 5.91 Å². The number of hydrogen-bond acceptors (Lipinski definition) is 7. The molecule has 1 amide bonds. The van der Waals surface area contributed by atoms with Crippen molar-refractivity contribution in [1.29, 1.82) is 0 Å². The highest BCUT2D eigenvalue weighted by molar-refractivity contribution is 7.09. The van der Waals surface area contributed by atoms with Crippen molar-refractivity contribution in [3.05, 3.63) is 64.9 Å². The first-order valence-corrected chi connectivity index (χ1v) is 12.1. The van der Waals surface area contributed by atoms with Crippen LogP contribution in [0.4, 0.5) is 5.13 Å². The molecule has 0 saturated carbocycles. The summed E-state index contributed by atoms with van der Waals surface area (Å²) in [5.74, 6) is 2.64. The molecule has 0 unspecified atom stereocenters. The molecular weight excluding hydrogens is 460 g/mol. The molecule has 0 bridgehead atoms. The van der Waals surface area contributed by atoms with Crippen LogP contribution in [-0.2, 0) is 11.2 Å². The lowest BCUT2D eigenvalue weighted by atomic mass is 9.97. The number of piperidine rings is 1. The minimum absolute atomic E-state index is 0.00132. The van der Waals surface area contributed by atoms with Gasteiger partial charge in [-0.3, -0.25) is 4.79 Å². The molecular formula is C24H27ClN4O3S. The Morgan fingerprint density at radius 1 is 1.18 bits per heavy atom. The van der Waals surface area contributed by atoms with Crippen LogP contribution in [0.5, 0.6) is 11.5 Å². The second-order valence-electron chi connectivity index (χ2n) is 8.00. The lowest BCUT2D eigenvalue weighted by Crippen LogP contribution is -2.39. The van der Waals surface area contributed by atoms with Crippen molar-refractivity contribution in [3.63, 3.8) is 0 Å². The summed E-state index contributed by atoms with van der Waals surface area (Å²) in [6.45, 7) is 2.49. The van der Waals surface area contributed by atoms with Gasteiger partial charge in [-0.25, -0.2) is 4.98 Å². The number of carbonyl (C=O) groups excluding carboxylic acids is 1. The Kier molecular flexibility index (Phi) is 8.01. The number of nitrogens with one attached hydrogen (secondary N) is 1. The van der Waals surface area contributed by atoms with Crippen LogP contribution in [0, 0.1) is 5.92 Å². The van der Waals surface area contributed by atoms with Crippen molar-refractivity contribution in [2.45, 2.75) is 19.3 Å². The van der Waals surface area contributed by atoms with Crippen molar-refractivity contribution in [3.8, 4) is 11.5 Å². The van der Waals surface area contributed by atoms with E-state index in [2.05, 4.69) is 20.7 Å². The van der Waals surface area contributed by atoms with Crippen LogP contribution >= 0.6 is 23.1 Å². The molecule has 1 fully saturated rings. The molecule has 3 aromatic rings. The summed E-state index contributed by atoms with van der Waals surface area (Å²) in [6, 6.07) is 15.0. The molecule has 0 spiro atoms. The molecule has 1 aliphatic heterocycles. The van der Waals surface area contributed by atoms with E-state index in [9.17, 15) is 4.79 Å². The molecule has 9 heteroatoms. The number of hydrogen-bond donors (Lipinski definition) is 1. The van der Waals surface area contributed by atoms with Crippen LogP contribution in [0.25, 0.3) is 0 Å². The van der Waals surface area contributed by atoms with Crippen molar-refractivity contribution in [2.75, 3.05) is 38.3 Å². The topological polar surface area (TPSA) is 76.6 Å². The lowest BCUT2D eigenvalue weighted by Gasteiger charge is -2.31. The highest BCUT2D eigenvalue weighted by Crippen LogP contribution is 2.25. The molecule has 1 N–H and O–H groups in total. The smallest absolute Gasteiger partial charge is 0.257 e. The summed E-state index contributed by atoms with van der Waals surface area (Å²) in [7, 11) is 1.67. The molecule has 174 valence electrons. The fourth-order valence-corrected chi connectivity index (χ4v) is 4.59. The Morgan fingerprint density at radius 3 is 2.73 bits per heavy atom. The lowest BCUT2D eigenvalue weighted by molar-refractivity contribution is -0.123. The maximum atomic E-state index is 12.1. The predicted octanol–water partition coefficient (Wildman–Crippen LogP) is 4.20. The van der Waals surface area contributed by atoms with Gasteiger partial charge in [0.15, 0.2) is 6.61 Å². The van der Waals surface area contributed by atoms with Gasteiger partial charge in [0.05, 0.1) is 7.11 Å². The van der Waals surface area contributed by atoms with Crippen LogP contribution in [0.15, 0.2) is 48.5 Å². The van der Waals surface area contributed by atoms with Gasteiger partial charge in [-0.05, 0) is 60.7 Å². The summed E-state index contributed by atoms with van der Waals surface area (Å²) in [5, 5.41) is 4.59. The Bertz CT molecular complexity index is 1050. The summed E-state index contributed by atoms with van der Waals surface area (Å²) < 4.78 is 15.3. The number of nitrogens with zero attached hydrogens (tertiary/aromatic N) is 3. The fraction of sp³-hybridized carbons (Fsp3) is 0.375. The van der Waals surface area contributed by atoms with E-state index in [1.54, 1.807) is 31.4 Å². The Hall–Kier alpha value is -2.84. The number of anilines is 1. The third kappa shape index (κ3) is 6.82. The van der Waals surface area contributed by atoms with E-state index in [0.717, 1.165) is 48.2 Å². The molecule has 0 atom stereocenters.